The summed E-state index contributed by atoms with van der Waals surface area (Å²) in [5.41, 5.74) is 3.05. The minimum Gasteiger partial charge on any atom is -0.207 e. The van der Waals surface area contributed by atoms with Gasteiger partial charge < -0.3 is 0 Å². The molecule has 0 aliphatic rings. The van der Waals surface area contributed by atoms with Crippen LogP contribution >= 0.6 is 15.9 Å². The SMILES string of the molecule is Cc1ccc(S(=O)(=O)NCc2ccccc2C)c(Br)c1. The van der Waals surface area contributed by atoms with E-state index in [-0.39, 0.29) is 11.4 Å². The summed E-state index contributed by atoms with van der Waals surface area (Å²) in [6.07, 6.45) is 0. The van der Waals surface area contributed by atoms with Crippen LogP contribution in [-0.4, -0.2) is 8.42 Å². The van der Waals surface area contributed by atoms with Gasteiger partial charge in [0, 0.05) is 11.0 Å². The zero-order valence-electron chi connectivity index (χ0n) is 11.4. The Morgan fingerprint density at radius 2 is 1.80 bits per heavy atom. The van der Waals surface area contributed by atoms with E-state index in [2.05, 4.69) is 20.7 Å². The maximum Gasteiger partial charge on any atom is 0.241 e. The number of sulfonamides is 1. The number of hydrogen-bond acceptors (Lipinski definition) is 2. The fourth-order valence-corrected chi connectivity index (χ4v) is 4.08. The molecule has 0 aromatic heterocycles. The molecule has 0 aliphatic heterocycles. The minimum atomic E-state index is -3.52. The standard InChI is InChI=1S/C15H16BrNO2S/c1-11-7-8-15(14(16)9-11)20(18,19)17-10-13-6-4-3-5-12(13)2/h3-9,17H,10H2,1-2H3. The van der Waals surface area contributed by atoms with E-state index in [0.717, 1.165) is 16.7 Å². The third-order valence-corrected chi connectivity index (χ3v) is 5.47. The van der Waals surface area contributed by atoms with Gasteiger partial charge in [-0.05, 0) is 58.6 Å². The summed E-state index contributed by atoms with van der Waals surface area (Å²) in [5.74, 6) is 0. The highest BCUT2D eigenvalue weighted by atomic mass is 79.9. The molecule has 5 heteroatoms. The molecule has 0 radical (unpaired) electrons. The molecule has 20 heavy (non-hydrogen) atoms. The van der Waals surface area contributed by atoms with Crippen molar-refractivity contribution in [2.75, 3.05) is 0 Å². The first-order chi connectivity index (χ1) is 9.40. The summed E-state index contributed by atoms with van der Waals surface area (Å²) in [7, 11) is -3.52. The first-order valence-corrected chi connectivity index (χ1v) is 8.48. The quantitative estimate of drug-likeness (QED) is 0.913. The van der Waals surface area contributed by atoms with Crippen molar-refractivity contribution in [3.05, 3.63) is 63.6 Å². The van der Waals surface area contributed by atoms with Crippen LogP contribution in [0.3, 0.4) is 0 Å². The second-order valence-electron chi connectivity index (χ2n) is 4.68. The predicted molar refractivity (Wildman–Crippen MR) is 84.1 cm³/mol. The molecule has 1 N–H and O–H groups in total. The lowest BCUT2D eigenvalue weighted by Gasteiger charge is -2.10. The molecule has 0 amide bonds. The Hall–Kier alpha value is -1.17. The Morgan fingerprint density at radius 1 is 1.10 bits per heavy atom. The highest BCUT2D eigenvalue weighted by Gasteiger charge is 2.17. The summed E-state index contributed by atoms with van der Waals surface area (Å²) in [4.78, 5) is 0.261. The van der Waals surface area contributed by atoms with Gasteiger partial charge in [0.25, 0.3) is 0 Å². The highest BCUT2D eigenvalue weighted by Crippen LogP contribution is 2.23. The van der Waals surface area contributed by atoms with Crippen LogP contribution in [0.5, 0.6) is 0 Å². The normalized spacial score (nSPS) is 11.6. The molecular formula is C15H16BrNO2S. The van der Waals surface area contributed by atoms with E-state index >= 15 is 0 Å². The van der Waals surface area contributed by atoms with Crippen LogP contribution in [-0.2, 0) is 16.6 Å². The molecule has 0 fully saturated rings. The van der Waals surface area contributed by atoms with Gasteiger partial charge in [0.15, 0.2) is 0 Å². The molecule has 0 spiro atoms. The van der Waals surface area contributed by atoms with Crippen LogP contribution in [0, 0.1) is 13.8 Å². The summed E-state index contributed by atoms with van der Waals surface area (Å²) in [6, 6.07) is 12.9. The molecular weight excluding hydrogens is 338 g/mol. The summed E-state index contributed by atoms with van der Waals surface area (Å²) >= 11 is 3.30. The summed E-state index contributed by atoms with van der Waals surface area (Å²) in [6.45, 7) is 4.17. The highest BCUT2D eigenvalue weighted by molar-refractivity contribution is 9.10. The predicted octanol–water partition coefficient (Wildman–Crippen LogP) is 3.54. The van der Waals surface area contributed by atoms with Gasteiger partial charge in [-0.2, -0.15) is 0 Å². The van der Waals surface area contributed by atoms with E-state index in [1.54, 1.807) is 18.2 Å². The number of benzene rings is 2. The lowest BCUT2D eigenvalue weighted by atomic mass is 10.1. The van der Waals surface area contributed by atoms with Gasteiger partial charge in [0.1, 0.15) is 0 Å². The molecule has 0 unspecified atom stereocenters. The van der Waals surface area contributed by atoms with E-state index in [9.17, 15) is 8.42 Å². The van der Waals surface area contributed by atoms with Gasteiger partial charge >= 0.3 is 0 Å². The molecule has 106 valence electrons. The Morgan fingerprint density at radius 3 is 2.45 bits per heavy atom. The molecule has 0 aliphatic carbocycles. The maximum atomic E-state index is 12.3. The molecule has 2 rings (SSSR count). The van der Waals surface area contributed by atoms with E-state index in [1.807, 2.05) is 38.1 Å². The van der Waals surface area contributed by atoms with E-state index in [0.29, 0.717) is 4.47 Å². The van der Waals surface area contributed by atoms with Crippen molar-refractivity contribution in [3.63, 3.8) is 0 Å². The topological polar surface area (TPSA) is 46.2 Å². The summed E-state index contributed by atoms with van der Waals surface area (Å²) < 4.78 is 27.8. The van der Waals surface area contributed by atoms with Crippen LogP contribution in [0.2, 0.25) is 0 Å². The van der Waals surface area contributed by atoms with Crippen molar-refractivity contribution in [1.29, 1.82) is 0 Å². The fourth-order valence-electron chi connectivity index (χ4n) is 1.88. The van der Waals surface area contributed by atoms with Gasteiger partial charge in [-0.3, -0.25) is 0 Å². The van der Waals surface area contributed by atoms with Crippen molar-refractivity contribution >= 4 is 26.0 Å². The molecule has 2 aromatic carbocycles. The number of halogens is 1. The zero-order valence-corrected chi connectivity index (χ0v) is 13.8. The van der Waals surface area contributed by atoms with Gasteiger partial charge in [-0.25, -0.2) is 13.1 Å². The zero-order chi connectivity index (χ0) is 14.8. The number of aryl methyl sites for hydroxylation is 2. The molecule has 3 nitrogen and oxygen atoms in total. The Balaban J connectivity index is 2.22. The minimum absolute atomic E-state index is 0.261. The monoisotopic (exact) mass is 353 g/mol. The molecule has 0 atom stereocenters. The average Bonchev–Trinajstić information content (AvgIpc) is 2.37. The van der Waals surface area contributed by atoms with Crippen molar-refractivity contribution in [1.82, 2.24) is 4.72 Å². The fraction of sp³-hybridized carbons (Fsp3) is 0.200. The van der Waals surface area contributed by atoms with E-state index < -0.39 is 10.0 Å². The molecule has 0 saturated carbocycles. The van der Waals surface area contributed by atoms with Crippen LogP contribution in [0.4, 0.5) is 0 Å². The van der Waals surface area contributed by atoms with Crippen LogP contribution in [0.15, 0.2) is 51.8 Å². The average molecular weight is 354 g/mol. The lowest BCUT2D eigenvalue weighted by molar-refractivity contribution is 0.580. The van der Waals surface area contributed by atoms with Crippen molar-refractivity contribution < 1.29 is 8.42 Å². The van der Waals surface area contributed by atoms with Crippen molar-refractivity contribution in [3.8, 4) is 0 Å². The van der Waals surface area contributed by atoms with E-state index in [1.165, 1.54) is 0 Å². The number of hydrogen-bond donors (Lipinski definition) is 1. The van der Waals surface area contributed by atoms with Gasteiger partial charge in [-0.1, -0.05) is 30.3 Å². The molecule has 0 heterocycles. The second kappa shape index (κ2) is 6.08. The van der Waals surface area contributed by atoms with Crippen LogP contribution in [0.1, 0.15) is 16.7 Å². The Bertz CT molecular complexity index is 726. The summed E-state index contributed by atoms with van der Waals surface area (Å²) in [5, 5.41) is 0. The van der Waals surface area contributed by atoms with Gasteiger partial charge in [-0.15, -0.1) is 0 Å². The Kier molecular flexibility index (Phi) is 4.62. The van der Waals surface area contributed by atoms with Crippen molar-refractivity contribution in [2.24, 2.45) is 0 Å². The maximum absolute atomic E-state index is 12.3. The smallest absolute Gasteiger partial charge is 0.207 e. The molecule has 0 bridgehead atoms. The first-order valence-electron chi connectivity index (χ1n) is 6.20. The second-order valence-corrected chi connectivity index (χ2v) is 7.27. The van der Waals surface area contributed by atoms with Crippen molar-refractivity contribution in [2.45, 2.75) is 25.3 Å². The van der Waals surface area contributed by atoms with E-state index in [4.69, 9.17) is 0 Å². The third kappa shape index (κ3) is 3.48. The lowest BCUT2D eigenvalue weighted by Crippen LogP contribution is -2.24. The van der Waals surface area contributed by atoms with Crippen LogP contribution < -0.4 is 4.72 Å². The molecule has 0 saturated heterocycles. The largest absolute Gasteiger partial charge is 0.241 e. The Labute approximate surface area is 128 Å². The first kappa shape index (κ1) is 15.2. The third-order valence-electron chi connectivity index (χ3n) is 3.09. The number of nitrogens with one attached hydrogen (secondary N) is 1. The van der Waals surface area contributed by atoms with Gasteiger partial charge in [0.2, 0.25) is 10.0 Å². The molecule has 2 aromatic rings. The number of rotatable bonds is 4. The van der Waals surface area contributed by atoms with Crippen LogP contribution in [0.25, 0.3) is 0 Å². The van der Waals surface area contributed by atoms with Gasteiger partial charge in [0.05, 0.1) is 4.90 Å².